The molecule has 0 aliphatic carbocycles. The van der Waals surface area contributed by atoms with Gasteiger partial charge in [-0.05, 0) is 24.1 Å². The van der Waals surface area contributed by atoms with Crippen LogP contribution in [0.25, 0.3) is 6.08 Å². The maximum atomic E-state index is 10.3. The van der Waals surface area contributed by atoms with E-state index in [1.165, 1.54) is 0 Å². The topological polar surface area (TPSA) is 37.3 Å². The number of aliphatic carboxylic acids is 1. The van der Waals surface area contributed by atoms with Crippen LogP contribution >= 0.6 is 11.6 Å². The minimum atomic E-state index is -0.832. The number of benzene rings is 1. The van der Waals surface area contributed by atoms with Crippen LogP contribution in [0.4, 0.5) is 0 Å². The molecule has 3 heteroatoms. The molecule has 0 fully saturated rings. The summed E-state index contributed by atoms with van der Waals surface area (Å²) in [7, 11) is 0. The smallest absolute Gasteiger partial charge is 0.307 e. The van der Waals surface area contributed by atoms with E-state index in [1.807, 2.05) is 25.1 Å². The molecule has 1 rings (SSSR count). The molecule has 0 bridgehead atoms. The van der Waals surface area contributed by atoms with Crippen molar-refractivity contribution in [2.24, 2.45) is 0 Å². The van der Waals surface area contributed by atoms with E-state index in [-0.39, 0.29) is 6.42 Å². The van der Waals surface area contributed by atoms with Crippen molar-refractivity contribution in [1.29, 1.82) is 0 Å². The monoisotopic (exact) mass is 210 g/mol. The largest absolute Gasteiger partial charge is 0.481 e. The zero-order valence-electron chi connectivity index (χ0n) is 7.83. The maximum absolute atomic E-state index is 10.3. The molecule has 2 nitrogen and oxygen atoms in total. The molecule has 1 aromatic carbocycles. The lowest BCUT2D eigenvalue weighted by Gasteiger charge is -2.01. The van der Waals surface area contributed by atoms with Crippen LogP contribution in [-0.4, -0.2) is 11.1 Å². The molecule has 0 saturated heterocycles. The Labute approximate surface area is 87.8 Å². The standard InChI is InChI=1S/C11H11ClO2/c1-8-9(4-2-6-10(8)12)5-3-7-11(13)14/h2-6H,7H2,1H3,(H,13,14). The second kappa shape index (κ2) is 4.82. The van der Waals surface area contributed by atoms with Crippen LogP contribution in [0.2, 0.25) is 5.02 Å². The predicted molar refractivity (Wildman–Crippen MR) is 57.5 cm³/mol. The van der Waals surface area contributed by atoms with Crippen LogP contribution in [0.1, 0.15) is 17.5 Å². The Morgan fingerprint density at radius 3 is 2.93 bits per heavy atom. The molecular formula is C11H11ClO2. The molecule has 0 saturated carbocycles. The van der Waals surface area contributed by atoms with Crippen molar-refractivity contribution >= 4 is 23.6 Å². The Hall–Kier alpha value is -1.28. The highest BCUT2D eigenvalue weighted by molar-refractivity contribution is 6.31. The van der Waals surface area contributed by atoms with Gasteiger partial charge in [-0.2, -0.15) is 0 Å². The molecule has 14 heavy (non-hydrogen) atoms. The van der Waals surface area contributed by atoms with Gasteiger partial charge in [-0.15, -0.1) is 0 Å². The Balaban J connectivity index is 2.81. The molecule has 0 radical (unpaired) electrons. The summed E-state index contributed by atoms with van der Waals surface area (Å²) in [6.45, 7) is 1.91. The lowest BCUT2D eigenvalue weighted by Crippen LogP contribution is -1.90. The van der Waals surface area contributed by atoms with E-state index in [0.29, 0.717) is 5.02 Å². The third kappa shape index (κ3) is 2.89. The number of hydrogen-bond acceptors (Lipinski definition) is 1. The van der Waals surface area contributed by atoms with Gasteiger partial charge in [0.05, 0.1) is 6.42 Å². The molecule has 1 aromatic rings. The lowest BCUT2D eigenvalue weighted by atomic mass is 10.1. The molecule has 0 spiro atoms. The van der Waals surface area contributed by atoms with Gasteiger partial charge in [-0.25, -0.2) is 0 Å². The highest BCUT2D eigenvalue weighted by atomic mass is 35.5. The van der Waals surface area contributed by atoms with E-state index in [0.717, 1.165) is 11.1 Å². The number of carbonyl (C=O) groups is 1. The minimum Gasteiger partial charge on any atom is -0.481 e. The molecule has 0 unspecified atom stereocenters. The van der Waals surface area contributed by atoms with Crippen LogP contribution in [0, 0.1) is 6.92 Å². The van der Waals surface area contributed by atoms with E-state index < -0.39 is 5.97 Å². The molecule has 0 heterocycles. The quantitative estimate of drug-likeness (QED) is 0.832. The zero-order valence-corrected chi connectivity index (χ0v) is 8.58. The van der Waals surface area contributed by atoms with Crippen molar-refractivity contribution < 1.29 is 9.90 Å². The van der Waals surface area contributed by atoms with Crippen molar-refractivity contribution in [3.8, 4) is 0 Å². The molecule has 74 valence electrons. The lowest BCUT2D eigenvalue weighted by molar-refractivity contribution is -0.135. The fourth-order valence-corrected chi connectivity index (χ4v) is 1.27. The van der Waals surface area contributed by atoms with Crippen molar-refractivity contribution in [3.63, 3.8) is 0 Å². The fourth-order valence-electron chi connectivity index (χ4n) is 1.09. The summed E-state index contributed by atoms with van der Waals surface area (Å²) in [5, 5.41) is 9.13. The van der Waals surface area contributed by atoms with Crippen LogP contribution in [0.15, 0.2) is 24.3 Å². The number of rotatable bonds is 3. The van der Waals surface area contributed by atoms with E-state index in [4.69, 9.17) is 16.7 Å². The Bertz CT molecular complexity index is 370. The Kier molecular flexibility index (Phi) is 3.72. The van der Waals surface area contributed by atoms with E-state index in [9.17, 15) is 4.79 Å². The van der Waals surface area contributed by atoms with Crippen LogP contribution in [-0.2, 0) is 4.79 Å². The maximum Gasteiger partial charge on any atom is 0.307 e. The van der Waals surface area contributed by atoms with Gasteiger partial charge in [-0.1, -0.05) is 35.9 Å². The normalized spacial score (nSPS) is 10.7. The van der Waals surface area contributed by atoms with Crippen molar-refractivity contribution in [2.75, 3.05) is 0 Å². The molecule has 0 atom stereocenters. The average Bonchev–Trinajstić information content (AvgIpc) is 2.12. The summed E-state index contributed by atoms with van der Waals surface area (Å²) in [4.78, 5) is 10.3. The highest BCUT2D eigenvalue weighted by Crippen LogP contribution is 2.19. The van der Waals surface area contributed by atoms with E-state index in [1.54, 1.807) is 12.2 Å². The first-order valence-corrected chi connectivity index (χ1v) is 4.62. The molecular weight excluding hydrogens is 200 g/mol. The van der Waals surface area contributed by atoms with Crippen molar-refractivity contribution in [1.82, 2.24) is 0 Å². The SMILES string of the molecule is Cc1c(Cl)cccc1C=CCC(=O)O. The molecule has 1 N–H and O–H groups in total. The third-order valence-corrected chi connectivity index (χ3v) is 2.31. The Morgan fingerprint density at radius 2 is 2.29 bits per heavy atom. The van der Waals surface area contributed by atoms with Crippen LogP contribution in [0.5, 0.6) is 0 Å². The zero-order chi connectivity index (χ0) is 10.6. The minimum absolute atomic E-state index is 0.0337. The van der Waals surface area contributed by atoms with Gasteiger partial charge >= 0.3 is 5.97 Å². The summed E-state index contributed by atoms with van der Waals surface area (Å²) >= 11 is 5.91. The molecule has 0 aliphatic heterocycles. The summed E-state index contributed by atoms with van der Waals surface area (Å²) in [5.74, 6) is -0.832. The number of carboxylic acids is 1. The third-order valence-electron chi connectivity index (χ3n) is 1.90. The van der Waals surface area contributed by atoms with Crippen LogP contribution < -0.4 is 0 Å². The second-order valence-corrected chi connectivity index (χ2v) is 3.36. The van der Waals surface area contributed by atoms with Gasteiger partial charge in [0.15, 0.2) is 0 Å². The van der Waals surface area contributed by atoms with Crippen molar-refractivity contribution in [3.05, 3.63) is 40.4 Å². The molecule has 0 aliphatic rings. The second-order valence-electron chi connectivity index (χ2n) is 2.95. The fraction of sp³-hybridized carbons (Fsp3) is 0.182. The first kappa shape index (κ1) is 10.8. The van der Waals surface area contributed by atoms with Gasteiger partial charge in [-0.3, -0.25) is 4.79 Å². The first-order chi connectivity index (χ1) is 6.61. The molecule has 0 aromatic heterocycles. The molecule has 0 amide bonds. The van der Waals surface area contributed by atoms with Gasteiger partial charge in [0.1, 0.15) is 0 Å². The highest BCUT2D eigenvalue weighted by Gasteiger charge is 1.98. The van der Waals surface area contributed by atoms with E-state index in [2.05, 4.69) is 0 Å². The summed E-state index contributed by atoms with van der Waals surface area (Å²) in [5.41, 5.74) is 1.93. The Morgan fingerprint density at radius 1 is 1.57 bits per heavy atom. The van der Waals surface area contributed by atoms with Gasteiger partial charge in [0.2, 0.25) is 0 Å². The first-order valence-electron chi connectivity index (χ1n) is 4.24. The number of carboxylic acid groups (broad SMARTS) is 1. The van der Waals surface area contributed by atoms with Gasteiger partial charge in [0, 0.05) is 5.02 Å². The average molecular weight is 211 g/mol. The van der Waals surface area contributed by atoms with E-state index >= 15 is 0 Å². The summed E-state index contributed by atoms with van der Waals surface area (Å²) in [6.07, 6.45) is 3.42. The van der Waals surface area contributed by atoms with Gasteiger partial charge in [0.25, 0.3) is 0 Å². The predicted octanol–water partition coefficient (Wildman–Crippen LogP) is 3.14. The van der Waals surface area contributed by atoms with Crippen LogP contribution in [0.3, 0.4) is 0 Å². The number of hydrogen-bond donors (Lipinski definition) is 1. The summed E-state index contributed by atoms with van der Waals surface area (Å²) in [6, 6.07) is 5.56. The van der Waals surface area contributed by atoms with Crippen molar-refractivity contribution in [2.45, 2.75) is 13.3 Å². The summed E-state index contributed by atoms with van der Waals surface area (Å²) < 4.78 is 0. The van der Waals surface area contributed by atoms with Gasteiger partial charge < -0.3 is 5.11 Å². The number of halogens is 1.